The monoisotopic (exact) mass is 615 g/mol. The van der Waals surface area contributed by atoms with Crippen LogP contribution in [0.15, 0.2) is 60.3 Å². The van der Waals surface area contributed by atoms with E-state index in [0.29, 0.717) is 63.2 Å². The second-order valence-corrected chi connectivity index (χ2v) is 10.9. The first-order chi connectivity index (χ1) is 19.0. The number of nitrogens with zero attached hydrogens (tertiary/aromatic N) is 3. The molecule has 0 aliphatic carbocycles. The quantitative estimate of drug-likeness (QED) is 0.356. The first-order valence-electron chi connectivity index (χ1n) is 12.9. The molecule has 3 aromatic rings. The molecule has 206 valence electrons. The highest BCUT2D eigenvalue weighted by Crippen LogP contribution is 2.37. The minimum absolute atomic E-state index is 0.212. The molecule has 0 amide bonds. The highest BCUT2D eigenvalue weighted by molar-refractivity contribution is 9.10. The van der Waals surface area contributed by atoms with Crippen molar-refractivity contribution in [3.63, 3.8) is 0 Å². The van der Waals surface area contributed by atoms with Gasteiger partial charge in [-0.1, -0.05) is 42.9 Å². The molecule has 0 bridgehead atoms. The first kappa shape index (κ1) is 27.4. The number of aromatic nitrogens is 1. The zero-order valence-electron chi connectivity index (χ0n) is 22.1. The summed E-state index contributed by atoms with van der Waals surface area (Å²) >= 11 is 4.86. The van der Waals surface area contributed by atoms with Gasteiger partial charge >= 0.3 is 5.97 Å². The second-order valence-electron chi connectivity index (χ2n) is 9.06. The number of hydrogen-bond donors (Lipinski definition) is 0. The molecule has 0 spiro atoms. The van der Waals surface area contributed by atoms with Crippen molar-refractivity contribution in [2.45, 2.75) is 32.7 Å². The molecule has 0 N–H and O–H groups in total. The van der Waals surface area contributed by atoms with E-state index in [1.807, 2.05) is 37.3 Å². The van der Waals surface area contributed by atoms with Gasteiger partial charge < -0.3 is 23.5 Å². The number of methoxy groups -OCH3 is 1. The van der Waals surface area contributed by atoms with E-state index in [9.17, 15) is 9.59 Å². The molecule has 4 heterocycles. The SMILES string of the molecule is CCCC1=C(C(=O)OCC)[C@H](c2ccccc2OC)n2c(s/c(=C/c3cc(Br)c(N4CCOCC4)o3)c2=O)=N1. The molecule has 5 rings (SSSR count). The predicted octanol–water partition coefficient (Wildman–Crippen LogP) is 3.78. The zero-order chi connectivity index (χ0) is 27.5. The molecular formula is C28H30BrN3O6S. The van der Waals surface area contributed by atoms with Crippen molar-refractivity contribution < 1.29 is 23.4 Å². The van der Waals surface area contributed by atoms with Crippen molar-refractivity contribution in [2.24, 2.45) is 4.99 Å². The Hall–Kier alpha value is -3.15. The highest BCUT2D eigenvalue weighted by Gasteiger charge is 2.36. The normalized spacial score (nSPS) is 17.7. The number of anilines is 1. The van der Waals surface area contributed by atoms with Gasteiger partial charge in [0.25, 0.3) is 5.56 Å². The number of para-hydroxylation sites is 1. The minimum atomic E-state index is -0.743. The fourth-order valence-corrected chi connectivity index (χ4v) is 6.42. The second kappa shape index (κ2) is 11.9. The van der Waals surface area contributed by atoms with E-state index in [2.05, 4.69) is 20.8 Å². The first-order valence-corrected chi connectivity index (χ1v) is 14.5. The fraction of sp³-hybridized carbons (Fsp3) is 0.393. The molecule has 39 heavy (non-hydrogen) atoms. The number of esters is 1. The topological polar surface area (TPSA) is 95.5 Å². The summed E-state index contributed by atoms with van der Waals surface area (Å²) in [5.41, 5.74) is 1.40. The van der Waals surface area contributed by atoms with Crippen LogP contribution in [0.25, 0.3) is 6.08 Å². The van der Waals surface area contributed by atoms with Crippen LogP contribution in [0.2, 0.25) is 0 Å². The number of allylic oxidation sites excluding steroid dienone is 1. The molecule has 2 aliphatic heterocycles. The van der Waals surface area contributed by atoms with Gasteiger partial charge in [0.1, 0.15) is 17.6 Å². The van der Waals surface area contributed by atoms with Gasteiger partial charge in [-0.3, -0.25) is 9.36 Å². The molecule has 0 radical (unpaired) electrons. The number of rotatable bonds is 8. The standard InChI is InChI=1S/C28H30BrN3O6S/c1-4-8-20-23(27(34)37-5-2)24(18-9-6-7-10-21(18)35-3)32-25(33)22(39-28(32)30-20)16-17-15-19(29)26(38-17)31-11-13-36-14-12-31/h6-7,9-10,15-16,24H,4-5,8,11-14H2,1-3H3/b22-16+/t24-/m0/s1. The van der Waals surface area contributed by atoms with Gasteiger partial charge in [-0.05, 0) is 35.3 Å². The number of thiazole rings is 1. The van der Waals surface area contributed by atoms with Gasteiger partial charge in [0.2, 0.25) is 5.88 Å². The van der Waals surface area contributed by atoms with Crippen LogP contribution in [0, 0.1) is 0 Å². The molecular weight excluding hydrogens is 586 g/mol. The molecule has 1 aromatic carbocycles. The lowest BCUT2D eigenvalue weighted by atomic mass is 9.93. The number of fused-ring (bicyclic) bond motifs is 1. The van der Waals surface area contributed by atoms with Crippen LogP contribution in [0.4, 0.5) is 5.88 Å². The predicted molar refractivity (Wildman–Crippen MR) is 152 cm³/mol. The lowest BCUT2D eigenvalue weighted by Crippen LogP contribution is -2.40. The lowest BCUT2D eigenvalue weighted by molar-refractivity contribution is -0.139. The Labute approximate surface area is 238 Å². The third-order valence-corrected chi connectivity index (χ3v) is 8.14. The van der Waals surface area contributed by atoms with Crippen molar-refractivity contribution in [2.75, 3.05) is 44.9 Å². The highest BCUT2D eigenvalue weighted by atomic mass is 79.9. The molecule has 2 aromatic heterocycles. The summed E-state index contributed by atoms with van der Waals surface area (Å²) in [5, 5.41) is 0. The van der Waals surface area contributed by atoms with E-state index < -0.39 is 12.0 Å². The maximum Gasteiger partial charge on any atom is 0.338 e. The summed E-state index contributed by atoms with van der Waals surface area (Å²) in [4.78, 5) is 34.7. The lowest BCUT2D eigenvalue weighted by Gasteiger charge is -2.26. The minimum Gasteiger partial charge on any atom is -0.496 e. The maximum atomic E-state index is 14.0. The molecule has 2 aliphatic rings. The van der Waals surface area contributed by atoms with Crippen LogP contribution in [0.3, 0.4) is 0 Å². The van der Waals surface area contributed by atoms with Crippen LogP contribution < -0.4 is 24.5 Å². The fourth-order valence-electron chi connectivity index (χ4n) is 4.87. The summed E-state index contributed by atoms with van der Waals surface area (Å²) in [6.45, 7) is 6.72. The van der Waals surface area contributed by atoms with E-state index in [4.69, 9.17) is 23.6 Å². The Morgan fingerprint density at radius 3 is 2.74 bits per heavy atom. The van der Waals surface area contributed by atoms with E-state index in [1.54, 1.807) is 24.7 Å². The summed E-state index contributed by atoms with van der Waals surface area (Å²) in [6.07, 6.45) is 3.07. The van der Waals surface area contributed by atoms with Crippen LogP contribution in [0.5, 0.6) is 5.75 Å². The van der Waals surface area contributed by atoms with Crippen LogP contribution in [-0.4, -0.2) is 50.6 Å². The van der Waals surface area contributed by atoms with Gasteiger partial charge in [0.15, 0.2) is 4.80 Å². The molecule has 1 fully saturated rings. The molecule has 11 heteroatoms. The molecule has 0 unspecified atom stereocenters. The number of carbonyl (C=O) groups is 1. The van der Waals surface area contributed by atoms with E-state index in [0.717, 1.165) is 24.0 Å². The van der Waals surface area contributed by atoms with Gasteiger partial charge in [0.05, 0.1) is 47.2 Å². The van der Waals surface area contributed by atoms with Gasteiger partial charge in [-0.25, -0.2) is 9.79 Å². The van der Waals surface area contributed by atoms with Crippen molar-refractivity contribution in [1.29, 1.82) is 0 Å². The average molecular weight is 617 g/mol. The number of halogens is 1. The van der Waals surface area contributed by atoms with Gasteiger partial charge in [-0.15, -0.1) is 0 Å². The van der Waals surface area contributed by atoms with Crippen LogP contribution in [0.1, 0.15) is 44.1 Å². The van der Waals surface area contributed by atoms with E-state index >= 15 is 0 Å². The van der Waals surface area contributed by atoms with Crippen molar-refractivity contribution in [3.05, 3.63) is 77.1 Å². The number of furan rings is 1. The zero-order valence-corrected chi connectivity index (χ0v) is 24.5. The molecule has 1 atom stereocenters. The van der Waals surface area contributed by atoms with Crippen LogP contribution >= 0.6 is 27.3 Å². The average Bonchev–Trinajstić information content (AvgIpc) is 3.47. The van der Waals surface area contributed by atoms with Crippen molar-refractivity contribution in [3.8, 4) is 5.75 Å². The number of morpholine rings is 1. The largest absolute Gasteiger partial charge is 0.496 e. The Morgan fingerprint density at radius 1 is 1.26 bits per heavy atom. The van der Waals surface area contributed by atoms with Gasteiger partial charge in [0, 0.05) is 30.8 Å². The molecule has 9 nitrogen and oxygen atoms in total. The number of hydrogen-bond acceptors (Lipinski definition) is 9. The number of ether oxygens (including phenoxy) is 3. The third-order valence-electron chi connectivity index (χ3n) is 6.59. The Balaban J connectivity index is 1.69. The number of benzene rings is 1. The summed E-state index contributed by atoms with van der Waals surface area (Å²) in [6, 6.07) is 8.52. The Kier molecular flexibility index (Phi) is 8.39. The van der Waals surface area contributed by atoms with Crippen molar-refractivity contribution >= 4 is 45.2 Å². The van der Waals surface area contributed by atoms with E-state index in [1.165, 1.54) is 11.3 Å². The maximum absolute atomic E-state index is 14.0. The van der Waals surface area contributed by atoms with Crippen LogP contribution in [-0.2, 0) is 14.3 Å². The summed E-state index contributed by atoms with van der Waals surface area (Å²) < 4.78 is 25.5. The third kappa shape index (κ3) is 5.35. The Morgan fingerprint density at radius 2 is 2.03 bits per heavy atom. The Bertz CT molecular complexity index is 1580. The molecule has 1 saturated heterocycles. The molecule has 0 saturated carbocycles. The summed E-state index contributed by atoms with van der Waals surface area (Å²) in [5.74, 6) is 1.33. The summed E-state index contributed by atoms with van der Waals surface area (Å²) in [7, 11) is 1.57. The smallest absolute Gasteiger partial charge is 0.338 e. The number of carbonyl (C=O) groups excluding carboxylic acids is 1. The van der Waals surface area contributed by atoms with Gasteiger partial charge in [-0.2, -0.15) is 0 Å². The van der Waals surface area contributed by atoms with E-state index in [-0.39, 0.29) is 12.2 Å². The van der Waals surface area contributed by atoms with Crippen molar-refractivity contribution in [1.82, 2.24) is 4.57 Å².